The third kappa shape index (κ3) is 2.90. The Morgan fingerprint density at radius 1 is 1.08 bits per heavy atom. The Kier molecular flexibility index (Phi) is 3.78. The van der Waals surface area contributed by atoms with Gasteiger partial charge < -0.3 is 10.6 Å². The molecule has 0 unspecified atom stereocenters. The highest BCUT2D eigenvalue weighted by molar-refractivity contribution is 7.80. The van der Waals surface area contributed by atoms with Crippen molar-refractivity contribution in [2.45, 2.75) is 44.1 Å². The molecule has 1 aromatic heterocycles. The van der Waals surface area contributed by atoms with Crippen molar-refractivity contribution in [1.29, 1.82) is 0 Å². The van der Waals surface area contributed by atoms with Crippen molar-refractivity contribution in [2.24, 2.45) is 17.8 Å². The Morgan fingerprint density at radius 3 is 2.42 bits per heavy atom. The van der Waals surface area contributed by atoms with Gasteiger partial charge in [0.1, 0.15) is 5.82 Å². The molecule has 4 fully saturated rings. The van der Waals surface area contributed by atoms with Crippen LogP contribution in [0, 0.1) is 23.6 Å². The first kappa shape index (κ1) is 16.2. The molecule has 0 saturated heterocycles. The summed E-state index contributed by atoms with van der Waals surface area (Å²) in [5.74, 6) is 3.12. The number of anilines is 2. The Balaban J connectivity index is 1.29. The van der Waals surface area contributed by atoms with E-state index < -0.39 is 0 Å². The van der Waals surface area contributed by atoms with Gasteiger partial charge in [-0.2, -0.15) is 5.10 Å². The van der Waals surface area contributed by atoms with E-state index in [0.717, 1.165) is 23.6 Å². The molecule has 26 heavy (non-hydrogen) atoms. The zero-order valence-electron chi connectivity index (χ0n) is 14.6. The molecule has 4 aliphatic rings. The number of thiocarbonyl (C=S) groups is 1. The molecular weight excluding hydrogens is 347 g/mol. The van der Waals surface area contributed by atoms with Gasteiger partial charge in [0.15, 0.2) is 10.9 Å². The number of halogens is 1. The number of nitrogens with zero attached hydrogens (tertiary/aromatic N) is 2. The Bertz CT molecular complexity index is 811. The predicted octanol–water partition coefficient (Wildman–Crippen LogP) is 4.76. The van der Waals surface area contributed by atoms with Crippen LogP contribution in [-0.2, 0) is 5.54 Å². The third-order valence-corrected chi connectivity index (χ3v) is 6.61. The van der Waals surface area contributed by atoms with E-state index in [9.17, 15) is 4.39 Å². The monoisotopic (exact) mass is 370 g/mol. The Labute approximate surface area is 158 Å². The number of hydrogen-bond acceptors (Lipinski definition) is 2. The maximum Gasteiger partial charge on any atom is 0.176 e. The van der Waals surface area contributed by atoms with Gasteiger partial charge in [-0.25, -0.2) is 4.39 Å². The third-order valence-electron chi connectivity index (χ3n) is 6.41. The minimum absolute atomic E-state index is 0.215. The summed E-state index contributed by atoms with van der Waals surface area (Å²) in [4.78, 5) is 0. The maximum absolute atomic E-state index is 13.3. The van der Waals surface area contributed by atoms with E-state index in [1.807, 2.05) is 6.07 Å². The summed E-state index contributed by atoms with van der Waals surface area (Å²) in [5.41, 5.74) is 0.842. The van der Waals surface area contributed by atoms with Gasteiger partial charge in [0.2, 0.25) is 0 Å². The fourth-order valence-electron chi connectivity index (χ4n) is 5.85. The number of aromatic nitrogens is 2. The van der Waals surface area contributed by atoms with Crippen molar-refractivity contribution in [3.05, 3.63) is 42.3 Å². The van der Waals surface area contributed by atoms with Crippen LogP contribution in [0.15, 0.2) is 36.5 Å². The molecule has 2 N–H and O–H groups in total. The molecule has 0 radical (unpaired) electrons. The van der Waals surface area contributed by atoms with Gasteiger partial charge in [-0.1, -0.05) is 6.07 Å². The van der Waals surface area contributed by atoms with E-state index in [4.69, 9.17) is 17.3 Å². The molecule has 0 amide bonds. The van der Waals surface area contributed by atoms with Crippen molar-refractivity contribution in [1.82, 2.24) is 9.78 Å². The standard InChI is InChI=1S/C20H23FN4S/c21-16-2-1-3-17(9-16)22-19(26)23-18-4-5-25(24-18)20-10-13-6-14(11-20)8-15(7-13)12-20/h1-5,9,13-15H,6-8,10-12H2,(H2,22,23,24,26). The van der Waals surface area contributed by atoms with Gasteiger partial charge in [0.25, 0.3) is 0 Å². The van der Waals surface area contributed by atoms with Crippen LogP contribution in [0.4, 0.5) is 15.9 Å². The van der Waals surface area contributed by atoms with Crippen LogP contribution in [0.2, 0.25) is 0 Å². The molecule has 2 aromatic rings. The normalized spacial score (nSPS) is 31.8. The lowest BCUT2D eigenvalue weighted by Crippen LogP contribution is -2.52. The first-order valence-corrected chi connectivity index (χ1v) is 9.89. The summed E-state index contributed by atoms with van der Waals surface area (Å²) >= 11 is 5.34. The summed E-state index contributed by atoms with van der Waals surface area (Å²) in [6.45, 7) is 0. The van der Waals surface area contributed by atoms with E-state index in [-0.39, 0.29) is 11.4 Å². The fraction of sp³-hybridized carbons (Fsp3) is 0.500. The summed E-state index contributed by atoms with van der Waals surface area (Å²) in [6.07, 6.45) is 10.2. The van der Waals surface area contributed by atoms with Crippen LogP contribution in [-0.4, -0.2) is 14.9 Å². The van der Waals surface area contributed by atoms with Gasteiger partial charge >= 0.3 is 0 Å². The zero-order valence-corrected chi connectivity index (χ0v) is 15.4. The van der Waals surface area contributed by atoms with Gasteiger partial charge in [0, 0.05) is 18.0 Å². The van der Waals surface area contributed by atoms with Gasteiger partial charge in [-0.05, 0) is 86.7 Å². The Morgan fingerprint density at radius 2 is 1.77 bits per heavy atom. The second-order valence-corrected chi connectivity index (χ2v) is 8.79. The summed E-state index contributed by atoms with van der Waals surface area (Å²) in [5, 5.41) is 11.4. The highest BCUT2D eigenvalue weighted by atomic mass is 32.1. The predicted molar refractivity (Wildman–Crippen MR) is 105 cm³/mol. The van der Waals surface area contributed by atoms with Crippen molar-refractivity contribution in [3.63, 3.8) is 0 Å². The first-order chi connectivity index (χ1) is 12.6. The first-order valence-electron chi connectivity index (χ1n) is 9.48. The lowest BCUT2D eigenvalue weighted by atomic mass is 9.53. The molecule has 136 valence electrons. The van der Waals surface area contributed by atoms with Crippen LogP contribution in [0.3, 0.4) is 0 Å². The average Bonchev–Trinajstić information content (AvgIpc) is 3.02. The highest BCUT2D eigenvalue weighted by Crippen LogP contribution is 2.58. The molecule has 6 heteroatoms. The van der Waals surface area contributed by atoms with Crippen molar-refractivity contribution in [2.75, 3.05) is 10.6 Å². The smallest absolute Gasteiger partial charge is 0.176 e. The van der Waals surface area contributed by atoms with Crippen molar-refractivity contribution in [3.8, 4) is 0 Å². The molecule has 0 aliphatic heterocycles. The summed E-state index contributed by atoms with van der Waals surface area (Å²) in [6, 6.07) is 8.25. The van der Waals surface area contributed by atoms with Crippen LogP contribution in [0.5, 0.6) is 0 Å². The van der Waals surface area contributed by atoms with Crippen LogP contribution in [0.1, 0.15) is 38.5 Å². The van der Waals surface area contributed by atoms with Crippen LogP contribution in [0.25, 0.3) is 0 Å². The molecule has 4 aliphatic carbocycles. The van der Waals surface area contributed by atoms with Crippen molar-refractivity contribution < 1.29 is 4.39 Å². The maximum atomic E-state index is 13.3. The topological polar surface area (TPSA) is 41.9 Å². The summed E-state index contributed by atoms with van der Waals surface area (Å²) < 4.78 is 15.5. The lowest BCUT2D eigenvalue weighted by molar-refractivity contribution is -0.0492. The number of hydrogen-bond donors (Lipinski definition) is 2. The zero-order chi connectivity index (χ0) is 17.7. The van der Waals surface area contributed by atoms with E-state index >= 15 is 0 Å². The second-order valence-electron chi connectivity index (χ2n) is 8.38. The largest absolute Gasteiger partial charge is 0.332 e. The highest BCUT2D eigenvalue weighted by Gasteiger charge is 2.52. The van der Waals surface area contributed by atoms with Gasteiger partial charge in [-0.3, -0.25) is 4.68 Å². The van der Waals surface area contributed by atoms with Crippen LogP contribution < -0.4 is 10.6 Å². The van der Waals surface area contributed by atoms with Crippen molar-refractivity contribution >= 4 is 28.8 Å². The summed E-state index contributed by atoms with van der Waals surface area (Å²) in [7, 11) is 0. The molecule has 1 heterocycles. The SMILES string of the molecule is Fc1cccc(NC(=S)Nc2ccn(C34CC5CC(CC(C5)C3)C4)n2)c1. The molecule has 1 aromatic carbocycles. The quantitative estimate of drug-likeness (QED) is 0.765. The van der Waals surface area contributed by atoms with E-state index in [1.165, 1.54) is 50.7 Å². The van der Waals surface area contributed by atoms with Crippen LogP contribution >= 0.6 is 12.2 Å². The van der Waals surface area contributed by atoms with E-state index in [2.05, 4.69) is 21.5 Å². The average molecular weight is 370 g/mol. The number of rotatable bonds is 3. The minimum atomic E-state index is -0.288. The minimum Gasteiger partial charge on any atom is -0.332 e. The molecule has 0 spiro atoms. The van der Waals surface area contributed by atoms with E-state index in [1.54, 1.807) is 12.1 Å². The van der Waals surface area contributed by atoms with E-state index in [0.29, 0.717) is 10.8 Å². The molecule has 6 rings (SSSR count). The van der Waals surface area contributed by atoms with Gasteiger partial charge in [-0.15, -0.1) is 0 Å². The Hall–Kier alpha value is -1.95. The fourth-order valence-corrected chi connectivity index (χ4v) is 6.07. The number of nitrogens with one attached hydrogen (secondary N) is 2. The molecule has 4 nitrogen and oxygen atoms in total. The molecule has 4 saturated carbocycles. The number of benzene rings is 1. The molecule has 4 bridgehead atoms. The lowest BCUT2D eigenvalue weighted by Gasteiger charge is -2.56. The molecule has 0 atom stereocenters. The van der Waals surface area contributed by atoms with Gasteiger partial charge in [0.05, 0.1) is 5.54 Å². The second kappa shape index (κ2) is 6.05. The molecular formula is C20H23FN4S.